The number of nitrogens with zero attached hydrogens (tertiary/aromatic N) is 4. The van der Waals surface area contributed by atoms with E-state index in [0.29, 0.717) is 0 Å². The van der Waals surface area contributed by atoms with E-state index in [4.69, 9.17) is 0 Å². The summed E-state index contributed by atoms with van der Waals surface area (Å²) in [6.07, 6.45) is 6.69. The van der Waals surface area contributed by atoms with Crippen molar-refractivity contribution >= 4 is 41.3 Å². The summed E-state index contributed by atoms with van der Waals surface area (Å²) in [6.45, 7) is 5.64. The third-order valence-corrected chi connectivity index (χ3v) is 5.32. The fourth-order valence-electron chi connectivity index (χ4n) is 3.10. The van der Waals surface area contributed by atoms with Gasteiger partial charge in [-0.05, 0) is 31.2 Å². The predicted molar refractivity (Wildman–Crippen MR) is 119 cm³/mol. The normalized spacial score (nSPS) is 14.3. The van der Waals surface area contributed by atoms with Crippen LogP contribution in [0.2, 0.25) is 0 Å². The number of nitrogens with one attached hydrogen (secondary N) is 2. The number of hydrogen-bond acceptors (Lipinski definition) is 4. The largest absolute Gasteiger partial charge is 0.357 e. The van der Waals surface area contributed by atoms with Crippen molar-refractivity contribution in [2.45, 2.75) is 52.0 Å². The molecule has 0 spiro atoms. The molecule has 144 valence electrons. The smallest absolute Gasteiger partial charge is 0.191 e. The van der Waals surface area contributed by atoms with Gasteiger partial charge in [-0.2, -0.15) is 0 Å². The molecule has 0 aliphatic carbocycles. The zero-order valence-corrected chi connectivity index (χ0v) is 18.6. The van der Waals surface area contributed by atoms with Crippen molar-refractivity contribution in [1.29, 1.82) is 0 Å². The minimum Gasteiger partial charge on any atom is -0.357 e. The van der Waals surface area contributed by atoms with E-state index in [0.717, 1.165) is 63.0 Å². The lowest BCUT2D eigenvalue weighted by Gasteiger charge is -2.12. The average Bonchev–Trinajstić information content (AvgIpc) is 3.20. The van der Waals surface area contributed by atoms with Crippen molar-refractivity contribution in [2.24, 2.45) is 4.99 Å². The van der Waals surface area contributed by atoms with Crippen molar-refractivity contribution in [1.82, 2.24) is 25.4 Å². The molecule has 8 heteroatoms. The molecule has 0 radical (unpaired) electrons. The molecule has 1 aliphatic heterocycles. The highest BCUT2D eigenvalue weighted by molar-refractivity contribution is 14.0. The highest BCUT2D eigenvalue weighted by Gasteiger charge is 2.14. The molecule has 0 unspecified atom stereocenters. The molecule has 0 bridgehead atoms. The third-order valence-electron chi connectivity index (χ3n) is 4.38. The van der Waals surface area contributed by atoms with E-state index in [-0.39, 0.29) is 24.0 Å². The number of guanidine groups is 1. The van der Waals surface area contributed by atoms with Crippen molar-refractivity contribution in [3.05, 3.63) is 34.0 Å². The van der Waals surface area contributed by atoms with Gasteiger partial charge < -0.3 is 15.2 Å². The third kappa shape index (κ3) is 6.22. The van der Waals surface area contributed by atoms with E-state index < -0.39 is 0 Å². The summed E-state index contributed by atoms with van der Waals surface area (Å²) >= 11 is 1.79. The Hall–Kier alpha value is -1.16. The van der Waals surface area contributed by atoms with Gasteiger partial charge in [0.1, 0.15) is 11.6 Å². The molecule has 3 rings (SSSR count). The molecule has 2 aromatic heterocycles. The Labute approximate surface area is 176 Å². The second-order valence-corrected chi connectivity index (χ2v) is 7.29. The minimum absolute atomic E-state index is 0. The molecule has 0 aromatic carbocycles. The molecule has 0 saturated heterocycles. The Kier molecular flexibility index (Phi) is 9.38. The predicted octanol–water partition coefficient (Wildman–Crippen LogP) is 3.02. The summed E-state index contributed by atoms with van der Waals surface area (Å²) in [5, 5.41) is 17.6. The van der Waals surface area contributed by atoms with Crippen LogP contribution in [-0.2, 0) is 25.8 Å². The van der Waals surface area contributed by atoms with Gasteiger partial charge in [0, 0.05) is 50.3 Å². The number of halogens is 1. The van der Waals surface area contributed by atoms with Crippen LogP contribution in [0.5, 0.6) is 0 Å². The SMILES string of the molecule is CCNC(=NCCc1cccs1)NCCc1nnc2n1CCCCC2.I. The maximum Gasteiger partial charge on any atom is 0.191 e. The molecule has 1 aliphatic rings. The number of aliphatic imine (C=N–C) groups is 1. The van der Waals surface area contributed by atoms with Crippen molar-refractivity contribution in [3.8, 4) is 0 Å². The molecule has 6 nitrogen and oxygen atoms in total. The quantitative estimate of drug-likeness (QED) is 0.357. The first-order valence-corrected chi connectivity index (χ1v) is 10.2. The zero-order chi connectivity index (χ0) is 17.3. The van der Waals surface area contributed by atoms with E-state index in [9.17, 15) is 0 Å². The van der Waals surface area contributed by atoms with Crippen LogP contribution in [0.4, 0.5) is 0 Å². The minimum atomic E-state index is 0. The summed E-state index contributed by atoms with van der Waals surface area (Å²) in [4.78, 5) is 6.05. The first-order chi connectivity index (χ1) is 12.4. The standard InChI is InChI=1S/C18H28N6S.HI/c1-2-19-18(20-11-9-15-7-6-14-25-15)21-12-10-17-23-22-16-8-4-3-5-13-24(16)17;/h6-7,14H,2-5,8-13H2,1H3,(H2,19,20,21);1H. The van der Waals surface area contributed by atoms with Crippen LogP contribution in [-0.4, -0.2) is 40.4 Å². The van der Waals surface area contributed by atoms with Gasteiger partial charge in [0.15, 0.2) is 5.96 Å². The highest BCUT2D eigenvalue weighted by atomic mass is 127. The molecule has 0 atom stereocenters. The average molecular weight is 488 g/mol. The molecule has 0 amide bonds. The van der Waals surface area contributed by atoms with Gasteiger partial charge in [-0.15, -0.1) is 45.5 Å². The van der Waals surface area contributed by atoms with E-state index >= 15 is 0 Å². The van der Waals surface area contributed by atoms with Gasteiger partial charge >= 0.3 is 0 Å². The molecule has 2 N–H and O–H groups in total. The highest BCUT2D eigenvalue weighted by Crippen LogP contribution is 2.14. The molecular formula is C18H29IN6S. The van der Waals surface area contributed by atoms with E-state index in [2.05, 4.69) is 54.8 Å². The Bertz CT molecular complexity index is 667. The maximum atomic E-state index is 4.67. The van der Waals surface area contributed by atoms with Crippen LogP contribution < -0.4 is 10.6 Å². The van der Waals surface area contributed by atoms with Gasteiger partial charge in [-0.3, -0.25) is 4.99 Å². The fraction of sp³-hybridized carbons (Fsp3) is 0.611. The number of thiophene rings is 1. The first kappa shape index (κ1) is 21.1. The van der Waals surface area contributed by atoms with Crippen LogP contribution in [0.25, 0.3) is 0 Å². The molecule has 3 heterocycles. The lowest BCUT2D eigenvalue weighted by molar-refractivity contribution is 0.600. The number of aryl methyl sites for hydroxylation is 1. The second kappa shape index (κ2) is 11.5. The van der Waals surface area contributed by atoms with Gasteiger partial charge in [-0.1, -0.05) is 12.5 Å². The number of fused-ring (bicyclic) bond motifs is 1. The lowest BCUT2D eigenvalue weighted by atomic mass is 10.2. The van der Waals surface area contributed by atoms with Crippen LogP contribution >= 0.6 is 35.3 Å². The van der Waals surface area contributed by atoms with Gasteiger partial charge in [0.25, 0.3) is 0 Å². The molecular weight excluding hydrogens is 459 g/mol. The molecule has 0 saturated carbocycles. The van der Waals surface area contributed by atoms with Gasteiger partial charge in [0.05, 0.1) is 0 Å². The summed E-state index contributed by atoms with van der Waals surface area (Å²) in [6, 6.07) is 4.26. The molecule has 2 aromatic rings. The van der Waals surface area contributed by atoms with Crippen molar-refractivity contribution in [3.63, 3.8) is 0 Å². The van der Waals surface area contributed by atoms with Crippen LogP contribution in [0, 0.1) is 0 Å². The van der Waals surface area contributed by atoms with E-state index in [1.165, 1.54) is 24.1 Å². The second-order valence-electron chi connectivity index (χ2n) is 6.26. The maximum absolute atomic E-state index is 4.67. The summed E-state index contributed by atoms with van der Waals surface area (Å²) in [7, 11) is 0. The fourth-order valence-corrected chi connectivity index (χ4v) is 3.80. The van der Waals surface area contributed by atoms with Crippen LogP contribution in [0.1, 0.15) is 42.7 Å². The first-order valence-electron chi connectivity index (χ1n) is 9.32. The van der Waals surface area contributed by atoms with E-state index in [1.807, 2.05) is 0 Å². The zero-order valence-electron chi connectivity index (χ0n) is 15.4. The Morgan fingerprint density at radius 2 is 2.15 bits per heavy atom. The van der Waals surface area contributed by atoms with Gasteiger partial charge in [-0.25, -0.2) is 0 Å². The molecule has 0 fully saturated rings. The summed E-state index contributed by atoms with van der Waals surface area (Å²) in [5.41, 5.74) is 0. The van der Waals surface area contributed by atoms with Crippen molar-refractivity contribution < 1.29 is 0 Å². The van der Waals surface area contributed by atoms with Crippen LogP contribution in [0.15, 0.2) is 22.5 Å². The van der Waals surface area contributed by atoms with Gasteiger partial charge in [0.2, 0.25) is 0 Å². The Morgan fingerprint density at radius 3 is 2.96 bits per heavy atom. The summed E-state index contributed by atoms with van der Waals surface area (Å²) in [5.74, 6) is 3.14. The Balaban J connectivity index is 0.00000243. The molecule has 26 heavy (non-hydrogen) atoms. The van der Waals surface area contributed by atoms with E-state index in [1.54, 1.807) is 11.3 Å². The topological polar surface area (TPSA) is 67.1 Å². The van der Waals surface area contributed by atoms with Crippen LogP contribution in [0.3, 0.4) is 0 Å². The summed E-state index contributed by atoms with van der Waals surface area (Å²) < 4.78 is 2.32. The lowest BCUT2D eigenvalue weighted by Crippen LogP contribution is -2.38. The Morgan fingerprint density at radius 1 is 1.23 bits per heavy atom. The number of hydrogen-bond donors (Lipinski definition) is 2. The number of rotatable bonds is 7. The number of aromatic nitrogens is 3. The van der Waals surface area contributed by atoms with Crippen molar-refractivity contribution in [2.75, 3.05) is 19.6 Å². The monoisotopic (exact) mass is 488 g/mol.